The Labute approximate surface area is 201 Å². The van der Waals surface area contributed by atoms with Crippen molar-refractivity contribution in [2.45, 2.75) is 0 Å². The number of fused-ring (bicyclic) bond motifs is 8. The monoisotopic (exact) mass is 441 g/mol. The molecular weight excluding hydrogens is 422 g/mol. The fraction of sp³-hybridized carbons (Fsp3) is 0. The van der Waals surface area contributed by atoms with Crippen molar-refractivity contribution in [3.05, 3.63) is 115 Å². The van der Waals surface area contributed by atoms with Gasteiger partial charge in [-0.15, -0.1) is 0 Å². The number of hydrogen-bond donors (Lipinski definition) is 0. The van der Waals surface area contributed by atoms with Crippen molar-refractivity contribution in [1.82, 2.24) is 4.40 Å². The maximum atomic E-state index is 2.50. The lowest BCUT2D eigenvalue weighted by molar-refractivity contribution is 1.37. The van der Waals surface area contributed by atoms with Gasteiger partial charge < -0.3 is 4.40 Å². The molecule has 0 atom stereocenters. The molecule has 160 valence electrons. The summed E-state index contributed by atoms with van der Waals surface area (Å²) in [6, 6.07) is 42.7. The first-order chi connectivity index (χ1) is 17.4. The van der Waals surface area contributed by atoms with Gasteiger partial charge in [0.05, 0.1) is 16.6 Å². The van der Waals surface area contributed by atoms with Gasteiger partial charge in [-0.25, -0.2) is 0 Å². The molecule has 0 aliphatic carbocycles. The minimum Gasteiger partial charge on any atom is -0.308 e. The molecule has 0 spiro atoms. The summed E-state index contributed by atoms with van der Waals surface area (Å²) in [7, 11) is 0. The predicted molar refractivity (Wildman–Crippen MR) is 150 cm³/mol. The number of aromatic nitrogens is 1. The summed E-state index contributed by atoms with van der Waals surface area (Å²) in [5.74, 6) is 0. The van der Waals surface area contributed by atoms with Gasteiger partial charge in [0.2, 0.25) is 0 Å². The smallest absolute Gasteiger partial charge is 0.0626 e. The Morgan fingerprint density at radius 1 is 0.371 bits per heavy atom. The van der Waals surface area contributed by atoms with E-state index in [1.807, 2.05) is 0 Å². The van der Waals surface area contributed by atoms with Gasteiger partial charge in [-0.05, 0) is 67.7 Å². The molecule has 9 rings (SSSR count). The van der Waals surface area contributed by atoms with E-state index in [0.29, 0.717) is 0 Å². The van der Waals surface area contributed by atoms with Crippen LogP contribution in [-0.2, 0) is 0 Å². The van der Waals surface area contributed by atoms with Gasteiger partial charge in [-0.3, -0.25) is 0 Å². The minimum atomic E-state index is 1.26. The van der Waals surface area contributed by atoms with Gasteiger partial charge in [0.25, 0.3) is 0 Å². The lowest BCUT2D eigenvalue weighted by atomic mass is 9.93. The molecular formula is C34H19N. The molecule has 0 fully saturated rings. The van der Waals surface area contributed by atoms with Crippen molar-refractivity contribution in [1.29, 1.82) is 0 Å². The zero-order valence-corrected chi connectivity index (χ0v) is 18.9. The van der Waals surface area contributed by atoms with Crippen LogP contribution in [0.5, 0.6) is 0 Å². The van der Waals surface area contributed by atoms with Gasteiger partial charge in [0.15, 0.2) is 0 Å². The number of hydrogen-bond acceptors (Lipinski definition) is 0. The van der Waals surface area contributed by atoms with E-state index in [1.165, 1.54) is 81.5 Å². The fourth-order valence-corrected chi connectivity index (χ4v) is 6.55. The molecule has 35 heavy (non-hydrogen) atoms. The molecule has 0 amide bonds. The summed E-state index contributed by atoms with van der Waals surface area (Å²) in [6.07, 6.45) is 0. The first kappa shape index (κ1) is 17.8. The highest BCUT2D eigenvalue weighted by Crippen LogP contribution is 2.47. The van der Waals surface area contributed by atoms with Crippen molar-refractivity contribution in [3.8, 4) is 11.1 Å². The van der Waals surface area contributed by atoms with Crippen LogP contribution in [0.15, 0.2) is 115 Å². The van der Waals surface area contributed by atoms with E-state index in [-0.39, 0.29) is 0 Å². The van der Waals surface area contributed by atoms with E-state index in [4.69, 9.17) is 0 Å². The Morgan fingerprint density at radius 3 is 1.94 bits per heavy atom. The third kappa shape index (κ3) is 2.10. The summed E-state index contributed by atoms with van der Waals surface area (Å²) in [6.45, 7) is 0. The molecule has 1 heteroatoms. The van der Waals surface area contributed by atoms with Crippen LogP contribution in [0.4, 0.5) is 0 Å². The normalized spacial score (nSPS) is 12.6. The van der Waals surface area contributed by atoms with Crippen molar-refractivity contribution in [2.24, 2.45) is 0 Å². The summed E-state index contributed by atoms with van der Waals surface area (Å²) in [5.41, 5.74) is 6.46. The number of benzene rings is 7. The SMILES string of the molecule is c1ccc2cc(-c3ccc4c(c3)c3ccc5c6ccccc6c6cccc7c6c5c3n47)ccc2c1. The standard InChI is InChI=1S/C34H19N/c1-2-7-21-18-22(13-12-20(21)6-1)23-14-17-30-29(19-23)28-16-15-27-25-9-4-3-8-24(25)26-10-5-11-31-32(26)33(27)34(28)35(30)31/h1-19H. The lowest BCUT2D eigenvalue weighted by Gasteiger charge is -2.09. The first-order valence-electron chi connectivity index (χ1n) is 12.2. The van der Waals surface area contributed by atoms with E-state index in [2.05, 4.69) is 120 Å². The molecule has 0 N–H and O–H groups in total. The maximum Gasteiger partial charge on any atom is 0.0626 e. The van der Waals surface area contributed by atoms with E-state index in [1.54, 1.807) is 0 Å². The first-order valence-corrected chi connectivity index (χ1v) is 12.2. The highest BCUT2D eigenvalue weighted by Gasteiger charge is 2.22. The molecule has 7 aromatic carbocycles. The van der Waals surface area contributed by atoms with Gasteiger partial charge in [-0.2, -0.15) is 0 Å². The molecule has 0 bridgehead atoms. The van der Waals surface area contributed by atoms with Gasteiger partial charge in [0, 0.05) is 21.5 Å². The third-order valence-electron chi connectivity index (χ3n) is 8.05. The van der Waals surface area contributed by atoms with Crippen molar-refractivity contribution in [2.75, 3.05) is 0 Å². The Bertz CT molecular complexity index is 2260. The summed E-state index contributed by atoms with van der Waals surface area (Å²) >= 11 is 0. The summed E-state index contributed by atoms with van der Waals surface area (Å²) in [4.78, 5) is 0. The van der Waals surface area contributed by atoms with E-state index >= 15 is 0 Å². The molecule has 0 radical (unpaired) electrons. The average Bonchev–Trinajstić information content (AvgIpc) is 3.45. The minimum absolute atomic E-state index is 1.26. The van der Waals surface area contributed by atoms with Crippen molar-refractivity contribution in [3.63, 3.8) is 0 Å². The number of rotatable bonds is 1. The van der Waals surface area contributed by atoms with Crippen LogP contribution in [0, 0.1) is 0 Å². The molecule has 0 saturated carbocycles. The van der Waals surface area contributed by atoms with Crippen LogP contribution in [-0.4, -0.2) is 4.40 Å². The zero-order chi connectivity index (χ0) is 22.7. The molecule has 0 saturated heterocycles. The molecule has 9 aromatic rings. The summed E-state index contributed by atoms with van der Waals surface area (Å²) in [5, 5.41) is 13.4. The second-order valence-corrected chi connectivity index (χ2v) is 9.76. The Hall–Kier alpha value is -4.62. The van der Waals surface area contributed by atoms with Crippen LogP contribution in [0.1, 0.15) is 0 Å². The van der Waals surface area contributed by atoms with Crippen LogP contribution in [0.2, 0.25) is 0 Å². The maximum absolute atomic E-state index is 2.50. The largest absolute Gasteiger partial charge is 0.308 e. The van der Waals surface area contributed by atoms with Crippen LogP contribution < -0.4 is 0 Å². The fourth-order valence-electron chi connectivity index (χ4n) is 6.55. The topological polar surface area (TPSA) is 4.41 Å². The molecule has 1 nitrogen and oxygen atoms in total. The summed E-state index contributed by atoms with van der Waals surface area (Å²) < 4.78 is 2.50. The Kier molecular flexibility index (Phi) is 3.09. The average molecular weight is 442 g/mol. The predicted octanol–water partition coefficient (Wildman–Crippen LogP) is 9.40. The van der Waals surface area contributed by atoms with Crippen LogP contribution in [0.25, 0.3) is 81.5 Å². The van der Waals surface area contributed by atoms with Gasteiger partial charge >= 0.3 is 0 Å². The van der Waals surface area contributed by atoms with E-state index in [0.717, 1.165) is 0 Å². The lowest BCUT2D eigenvalue weighted by Crippen LogP contribution is -1.84. The molecule has 0 unspecified atom stereocenters. The van der Waals surface area contributed by atoms with Crippen molar-refractivity contribution < 1.29 is 0 Å². The highest BCUT2D eigenvalue weighted by molar-refractivity contribution is 6.38. The van der Waals surface area contributed by atoms with Crippen LogP contribution >= 0.6 is 0 Å². The third-order valence-corrected chi connectivity index (χ3v) is 8.05. The Morgan fingerprint density at radius 2 is 1.06 bits per heavy atom. The molecule has 0 aliphatic heterocycles. The second-order valence-electron chi connectivity index (χ2n) is 9.76. The van der Waals surface area contributed by atoms with Crippen molar-refractivity contribution >= 4 is 70.4 Å². The van der Waals surface area contributed by atoms with Gasteiger partial charge in [0.1, 0.15) is 0 Å². The molecule has 2 heterocycles. The highest BCUT2D eigenvalue weighted by atomic mass is 14.9. The molecule has 0 aliphatic rings. The van der Waals surface area contributed by atoms with E-state index in [9.17, 15) is 0 Å². The number of nitrogens with zero attached hydrogens (tertiary/aromatic N) is 1. The van der Waals surface area contributed by atoms with Crippen LogP contribution in [0.3, 0.4) is 0 Å². The Balaban J connectivity index is 1.44. The van der Waals surface area contributed by atoms with E-state index < -0.39 is 0 Å². The quantitative estimate of drug-likeness (QED) is 0.223. The molecule has 2 aromatic heterocycles. The van der Waals surface area contributed by atoms with Gasteiger partial charge in [-0.1, -0.05) is 91.0 Å². The second kappa shape index (κ2) is 6.08. The zero-order valence-electron chi connectivity index (χ0n) is 18.9.